The van der Waals surface area contributed by atoms with E-state index in [0.717, 1.165) is 35.2 Å². The molecule has 0 saturated heterocycles. The van der Waals surface area contributed by atoms with Crippen molar-refractivity contribution in [2.24, 2.45) is 5.92 Å². The molecule has 1 aromatic carbocycles. The van der Waals surface area contributed by atoms with Crippen LogP contribution in [-0.4, -0.2) is 21.3 Å². The lowest BCUT2D eigenvalue weighted by Crippen LogP contribution is -2.20. The number of pyridine rings is 1. The highest BCUT2D eigenvalue weighted by Gasteiger charge is 2.09. The first-order valence-corrected chi connectivity index (χ1v) is 7.32. The molecule has 4 nitrogen and oxygen atoms in total. The van der Waals surface area contributed by atoms with E-state index in [1.54, 1.807) is 0 Å². The summed E-state index contributed by atoms with van der Waals surface area (Å²) in [6.45, 7) is 6.21. The predicted molar refractivity (Wildman–Crippen MR) is 85.4 cm³/mol. The summed E-state index contributed by atoms with van der Waals surface area (Å²) in [5.41, 5.74) is 3.36. The first-order valence-electron chi connectivity index (χ1n) is 7.32. The lowest BCUT2D eigenvalue weighted by Gasteiger charge is -2.12. The van der Waals surface area contributed by atoms with Crippen molar-refractivity contribution >= 4 is 10.9 Å². The highest BCUT2D eigenvalue weighted by atomic mass is 15.3. The molecule has 21 heavy (non-hydrogen) atoms. The van der Waals surface area contributed by atoms with Crippen LogP contribution in [0.3, 0.4) is 0 Å². The molecule has 0 bridgehead atoms. The average Bonchev–Trinajstić information content (AvgIpc) is 2.91. The molecule has 0 fully saturated rings. The molecular formula is C17H20N4. The second kappa shape index (κ2) is 6.06. The minimum atomic E-state index is 0.635. The van der Waals surface area contributed by atoms with Crippen LogP contribution in [0.15, 0.2) is 48.9 Å². The van der Waals surface area contributed by atoms with Crippen molar-refractivity contribution < 1.29 is 0 Å². The summed E-state index contributed by atoms with van der Waals surface area (Å²) in [6.07, 6.45) is 5.64. The topological polar surface area (TPSA) is 42.7 Å². The number of hydrogen-bond donors (Lipinski definition) is 1. The Balaban J connectivity index is 1.95. The highest BCUT2D eigenvalue weighted by Crippen LogP contribution is 2.20. The minimum Gasteiger partial charge on any atom is -0.312 e. The van der Waals surface area contributed by atoms with Crippen molar-refractivity contribution in [3.8, 4) is 5.69 Å². The monoisotopic (exact) mass is 280 g/mol. The Morgan fingerprint density at radius 2 is 2.00 bits per heavy atom. The van der Waals surface area contributed by atoms with Crippen molar-refractivity contribution in [1.82, 2.24) is 20.1 Å². The van der Waals surface area contributed by atoms with Crippen LogP contribution in [0.2, 0.25) is 0 Å². The zero-order chi connectivity index (χ0) is 14.7. The van der Waals surface area contributed by atoms with Gasteiger partial charge in [0.25, 0.3) is 0 Å². The Hall–Kier alpha value is -2.20. The molecule has 0 aliphatic heterocycles. The fraction of sp³-hybridized carbons (Fsp3) is 0.294. The lowest BCUT2D eigenvalue weighted by molar-refractivity contribution is 0.551. The molecule has 2 heterocycles. The SMILES string of the molecule is CC(C)CNCc1cnccc1-n1ncc2ccccc21. The van der Waals surface area contributed by atoms with Crippen LogP contribution >= 0.6 is 0 Å². The summed E-state index contributed by atoms with van der Waals surface area (Å²) in [4.78, 5) is 4.25. The van der Waals surface area contributed by atoms with E-state index >= 15 is 0 Å². The molecule has 2 aromatic heterocycles. The van der Waals surface area contributed by atoms with E-state index in [-0.39, 0.29) is 0 Å². The number of fused-ring (bicyclic) bond motifs is 1. The van der Waals surface area contributed by atoms with E-state index in [4.69, 9.17) is 0 Å². The quantitative estimate of drug-likeness (QED) is 0.780. The number of rotatable bonds is 5. The Labute approximate surface area is 124 Å². The fourth-order valence-electron chi connectivity index (χ4n) is 2.42. The zero-order valence-corrected chi connectivity index (χ0v) is 12.5. The van der Waals surface area contributed by atoms with Gasteiger partial charge in [0, 0.05) is 29.9 Å². The molecular weight excluding hydrogens is 260 g/mol. The molecule has 0 atom stereocenters. The van der Waals surface area contributed by atoms with Gasteiger partial charge in [-0.3, -0.25) is 4.98 Å². The number of aromatic nitrogens is 3. The standard InChI is InChI=1S/C17H20N4/c1-13(2)9-19-11-15-10-18-8-7-17(15)21-16-6-4-3-5-14(16)12-20-21/h3-8,10,12-13,19H,9,11H2,1-2H3. The predicted octanol–water partition coefficient (Wildman–Crippen LogP) is 3.17. The van der Waals surface area contributed by atoms with Gasteiger partial charge in [-0.15, -0.1) is 0 Å². The largest absolute Gasteiger partial charge is 0.312 e. The second-order valence-electron chi connectivity index (χ2n) is 5.64. The van der Waals surface area contributed by atoms with Gasteiger partial charge in [-0.2, -0.15) is 5.10 Å². The van der Waals surface area contributed by atoms with Gasteiger partial charge in [-0.05, 0) is 24.6 Å². The third-order valence-electron chi connectivity index (χ3n) is 3.45. The lowest BCUT2D eigenvalue weighted by atomic mass is 10.2. The number of nitrogens with zero attached hydrogens (tertiary/aromatic N) is 3. The summed E-state index contributed by atoms with van der Waals surface area (Å²) in [5.74, 6) is 0.635. The van der Waals surface area contributed by atoms with Gasteiger partial charge in [-0.25, -0.2) is 4.68 Å². The molecule has 3 aromatic rings. The Bertz CT molecular complexity index is 730. The van der Waals surface area contributed by atoms with E-state index in [0.29, 0.717) is 5.92 Å². The van der Waals surface area contributed by atoms with Crippen molar-refractivity contribution in [3.63, 3.8) is 0 Å². The van der Waals surface area contributed by atoms with Gasteiger partial charge >= 0.3 is 0 Å². The van der Waals surface area contributed by atoms with Gasteiger partial charge in [-0.1, -0.05) is 32.0 Å². The molecule has 0 radical (unpaired) electrons. The van der Waals surface area contributed by atoms with Crippen LogP contribution in [0.4, 0.5) is 0 Å². The summed E-state index contributed by atoms with van der Waals surface area (Å²) >= 11 is 0. The Morgan fingerprint density at radius 3 is 2.86 bits per heavy atom. The van der Waals surface area contributed by atoms with Crippen LogP contribution in [0.25, 0.3) is 16.6 Å². The van der Waals surface area contributed by atoms with Gasteiger partial charge in [0.2, 0.25) is 0 Å². The maximum Gasteiger partial charge on any atom is 0.0741 e. The van der Waals surface area contributed by atoms with E-state index in [2.05, 4.69) is 41.4 Å². The van der Waals surface area contributed by atoms with Gasteiger partial charge in [0.1, 0.15) is 0 Å². The first kappa shape index (κ1) is 13.8. The van der Waals surface area contributed by atoms with Crippen LogP contribution in [0.5, 0.6) is 0 Å². The van der Waals surface area contributed by atoms with Crippen LogP contribution in [0.1, 0.15) is 19.4 Å². The van der Waals surface area contributed by atoms with Crippen molar-refractivity contribution in [1.29, 1.82) is 0 Å². The molecule has 3 rings (SSSR count). The molecule has 0 unspecified atom stereocenters. The summed E-state index contributed by atoms with van der Waals surface area (Å²) in [5, 5.41) is 9.15. The molecule has 0 spiro atoms. The molecule has 1 N–H and O–H groups in total. The van der Waals surface area contributed by atoms with E-state index in [9.17, 15) is 0 Å². The van der Waals surface area contributed by atoms with Crippen LogP contribution in [-0.2, 0) is 6.54 Å². The Morgan fingerprint density at radius 1 is 1.14 bits per heavy atom. The molecule has 0 aliphatic carbocycles. The van der Waals surface area contributed by atoms with Gasteiger partial charge < -0.3 is 5.32 Å². The summed E-state index contributed by atoms with van der Waals surface area (Å²) in [7, 11) is 0. The maximum absolute atomic E-state index is 4.53. The average molecular weight is 280 g/mol. The van der Waals surface area contributed by atoms with Crippen molar-refractivity contribution in [2.45, 2.75) is 20.4 Å². The van der Waals surface area contributed by atoms with Crippen molar-refractivity contribution in [2.75, 3.05) is 6.54 Å². The van der Waals surface area contributed by atoms with Crippen LogP contribution < -0.4 is 5.32 Å². The summed E-state index contributed by atoms with van der Waals surface area (Å²) in [6, 6.07) is 10.3. The normalized spacial score (nSPS) is 11.4. The van der Waals surface area contributed by atoms with Gasteiger partial charge in [0.15, 0.2) is 0 Å². The number of para-hydroxylation sites is 1. The number of benzene rings is 1. The minimum absolute atomic E-state index is 0.635. The highest BCUT2D eigenvalue weighted by molar-refractivity contribution is 5.80. The third kappa shape index (κ3) is 2.95. The van der Waals surface area contributed by atoms with E-state index in [1.807, 2.05) is 41.5 Å². The summed E-state index contributed by atoms with van der Waals surface area (Å²) < 4.78 is 1.99. The third-order valence-corrected chi connectivity index (χ3v) is 3.45. The van der Waals surface area contributed by atoms with E-state index in [1.165, 1.54) is 0 Å². The molecule has 108 valence electrons. The zero-order valence-electron chi connectivity index (χ0n) is 12.5. The smallest absolute Gasteiger partial charge is 0.0741 e. The number of nitrogens with one attached hydrogen (secondary N) is 1. The Kier molecular flexibility index (Phi) is 3.97. The fourth-order valence-corrected chi connectivity index (χ4v) is 2.42. The second-order valence-corrected chi connectivity index (χ2v) is 5.64. The molecule has 0 aliphatic rings. The molecule has 0 saturated carbocycles. The molecule has 4 heteroatoms. The van der Waals surface area contributed by atoms with E-state index < -0.39 is 0 Å². The molecule has 0 amide bonds. The van der Waals surface area contributed by atoms with Gasteiger partial charge in [0.05, 0.1) is 17.4 Å². The van der Waals surface area contributed by atoms with Crippen LogP contribution in [0, 0.1) is 5.92 Å². The number of hydrogen-bond acceptors (Lipinski definition) is 3. The van der Waals surface area contributed by atoms with Crippen molar-refractivity contribution in [3.05, 3.63) is 54.5 Å². The first-order chi connectivity index (χ1) is 10.3. The maximum atomic E-state index is 4.53.